The highest BCUT2D eigenvalue weighted by Gasteiger charge is 2.14. The number of ether oxygens (including phenoxy) is 1. The smallest absolute Gasteiger partial charge is 0.306 e. The van der Waals surface area contributed by atoms with Crippen LogP contribution in [0.15, 0.2) is 0 Å². The minimum atomic E-state index is -0.729. The minimum Gasteiger partial charge on any atom is -0.481 e. The molecule has 1 atom stereocenters. The lowest BCUT2D eigenvalue weighted by molar-refractivity contribution is -0.858. The fourth-order valence-corrected chi connectivity index (χ4v) is 3.80. The summed E-state index contributed by atoms with van der Waals surface area (Å²) in [6.07, 6.45) is 15.7. The van der Waals surface area contributed by atoms with Crippen LogP contribution in [0.2, 0.25) is 0 Å². The van der Waals surface area contributed by atoms with Gasteiger partial charge in [-0.3, -0.25) is 14.4 Å². The van der Waals surface area contributed by atoms with Crippen molar-refractivity contribution in [3.05, 3.63) is 0 Å². The van der Waals surface area contributed by atoms with Crippen molar-refractivity contribution in [2.45, 2.75) is 122 Å². The third-order valence-electron chi connectivity index (χ3n) is 5.69. The van der Waals surface area contributed by atoms with E-state index < -0.39 is 11.9 Å². The molecule has 0 bridgehead atoms. The first-order valence-electron chi connectivity index (χ1n) is 12.7. The van der Waals surface area contributed by atoms with Crippen LogP contribution in [0.5, 0.6) is 0 Å². The quantitative estimate of drug-likeness (QED) is 0.156. The highest BCUT2D eigenvalue weighted by atomic mass is 16.5. The molecular weight excluding hydrogens is 410 g/mol. The van der Waals surface area contributed by atoms with E-state index in [1.54, 1.807) is 0 Å². The average molecular weight is 459 g/mol. The maximum Gasteiger partial charge on any atom is 0.306 e. The van der Waals surface area contributed by atoms with Crippen molar-refractivity contribution in [3.63, 3.8) is 0 Å². The van der Waals surface area contributed by atoms with E-state index in [-0.39, 0.29) is 24.9 Å². The summed E-state index contributed by atoms with van der Waals surface area (Å²) in [5, 5.41) is 17.3. The van der Waals surface area contributed by atoms with E-state index >= 15 is 0 Å². The van der Waals surface area contributed by atoms with Gasteiger partial charge in [0.1, 0.15) is 6.10 Å². The Kier molecular flexibility index (Phi) is 20.1. The molecule has 0 heterocycles. The predicted molar refractivity (Wildman–Crippen MR) is 126 cm³/mol. The van der Waals surface area contributed by atoms with Gasteiger partial charge in [0.25, 0.3) is 0 Å². The number of nitrogens with one attached hydrogen (secondary N) is 1. The molecule has 7 nitrogen and oxygen atoms in total. The molecule has 3 N–H and O–H groups in total. The van der Waals surface area contributed by atoms with E-state index in [1.807, 2.05) is 0 Å². The zero-order valence-corrected chi connectivity index (χ0v) is 20.5. The molecule has 0 fully saturated rings. The van der Waals surface area contributed by atoms with Crippen LogP contribution in [0.25, 0.3) is 0 Å². The second-order valence-corrected chi connectivity index (χ2v) is 9.28. The standard InChI is InChI=1S/C25H47NO6/c1-26(2)21-15-20-25(31)32-22(17-12-8-6-10-14-19-24(29)30)16-11-7-4-3-5-9-13-18-23(27)28/h22H,3-21H2,1-2H3,(H,27,28)(H,29,30)/p+1. The minimum absolute atomic E-state index is 0.0104. The second-order valence-electron chi connectivity index (χ2n) is 9.28. The number of unbranched alkanes of at least 4 members (excludes halogenated alkanes) is 10. The zero-order chi connectivity index (χ0) is 24.0. The van der Waals surface area contributed by atoms with Crippen molar-refractivity contribution in [1.82, 2.24) is 0 Å². The Balaban J connectivity index is 4.06. The lowest BCUT2D eigenvalue weighted by Gasteiger charge is -2.18. The van der Waals surface area contributed by atoms with E-state index in [9.17, 15) is 14.4 Å². The van der Waals surface area contributed by atoms with E-state index in [4.69, 9.17) is 14.9 Å². The van der Waals surface area contributed by atoms with E-state index in [1.165, 1.54) is 4.90 Å². The third-order valence-corrected chi connectivity index (χ3v) is 5.69. The van der Waals surface area contributed by atoms with Gasteiger partial charge in [-0.05, 0) is 38.5 Å². The molecule has 0 aromatic heterocycles. The number of hydrogen-bond donors (Lipinski definition) is 3. The number of hydrogen-bond acceptors (Lipinski definition) is 4. The predicted octanol–water partition coefficient (Wildman–Crippen LogP) is 4.23. The molecule has 0 saturated heterocycles. The summed E-state index contributed by atoms with van der Waals surface area (Å²) in [6.45, 7) is 0.961. The number of esters is 1. The lowest BCUT2D eigenvalue weighted by atomic mass is 10.0. The summed E-state index contributed by atoms with van der Waals surface area (Å²) < 4.78 is 5.79. The third kappa shape index (κ3) is 23.0. The van der Waals surface area contributed by atoms with Crippen LogP contribution in [0, 0.1) is 0 Å². The fourth-order valence-electron chi connectivity index (χ4n) is 3.80. The maximum absolute atomic E-state index is 12.2. The van der Waals surface area contributed by atoms with Crippen LogP contribution in [0.4, 0.5) is 0 Å². The van der Waals surface area contributed by atoms with Gasteiger partial charge >= 0.3 is 17.9 Å². The molecular formula is C25H48NO6+. The van der Waals surface area contributed by atoms with Gasteiger partial charge in [-0.1, -0.05) is 51.4 Å². The van der Waals surface area contributed by atoms with Gasteiger partial charge in [-0.25, -0.2) is 0 Å². The zero-order valence-electron chi connectivity index (χ0n) is 20.5. The van der Waals surface area contributed by atoms with Gasteiger partial charge in [0.2, 0.25) is 0 Å². The summed E-state index contributed by atoms with van der Waals surface area (Å²) in [5.41, 5.74) is 0. The number of rotatable bonds is 23. The first-order chi connectivity index (χ1) is 15.3. The van der Waals surface area contributed by atoms with Crippen molar-refractivity contribution >= 4 is 17.9 Å². The van der Waals surface area contributed by atoms with E-state index in [2.05, 4.69) is 14.1 Å². The Morgan fingerprint density at radius 2 is 1.03 bits per heavy atom. The lowest BCUT2D eigenvalue weighted by Crippen LogP contribution is -3.05. The van der Waals surface area contributed by atoms with Crippen LogP contribution in [0.1, 0.15) is 116 Å². The molecule has 0 rings (SSSR count). The molecule has 0 saturated carbocycles. The molecule has 1 unspecified atom stereocenters. The van der Waals surface area contributed by atoms with Crippen molar-refractivity contribution in [1.29, 1.82) is 0 Å². The first-order valence-corrected chi connectivity index (χ1v) is 12.7. The maximum atomic E-state index is 12.2. The van der Waals surface area contributed by atoms with Gasteiger partial charge < -0.3 is 19.8 Å². The molecule has 32 heavy (non-hydrogen) atoms. The molecule has 0 aliphatic rings. The number of carboxylic acid groups (broad SMARTS) is 2. The van der Waals surface area contributed by atoms with Gasteiger partial charge in [-0.2, -0.15) is 0 Å². The van der Waals surface area contributed by atoms with Crippen LogP contribution < -0.4 is 4.90 Å². The number of aliphatic carboxylic acids is 2. The first kappa shape index (κ1) is 30.4. The number of carboxylic acids is 2. The van der Waals surface area contributed by atoms with Crippen LogP contribution >= 0.6 is 0 Å². The molecule has 0 aliphatic heterocycles. The Bertz CT molecular complexity index is 495. The van der Waals surface area contributed by atoms with Crippen molar-refractivity contribution in [2.75, 3.05) is 20.6 Å². The van der Waals surface area contributed by atoms with Gasteiger partial charge in [0.05, 0.1) is 27.1 Å². The second kappa shape index (κ2) is 21.2. The molecule has 0 amide bonds. The summed E-state index contributed by atoms with van der Waals surface area (Å²) in [5.74, 6) is -1.53. The summed E-state index contributed by atoms with van der Waals surface area (Å²) >= 11 is 0. The highest BCUT2D eigenvalue weighted by molar-refractivity contribution is 5.69. The number of quaternary nitrogens is 1. The Morgan fingerprint density at radius 1 is 0.625 bits per heavy atom. The monoisotopic (exact) mass is 458 g/mol. The highest BCUT2D eigenvalue weighted by Crippen LogP contribution is 2.18. The van der Waals surface area contributed by atoms with E-state index in [0.717, 1.165) is 103 Å². The molecule has 0 radical (unpaired) electrons. The number of carbonyl (C=O) groups is 3. The van der Waals surface area contributed by atoms with Gasteiger partial charge in [-0.15, -0.1) is 0 Å². The largest absolute Gasteiger partial charge is 0.481 e. The van der Waals surface area contributed by atoms with Crippen LogP contribution in [-0.2, 0) is 19.1 Å². The van der Waals surface area contributed by atoms with Crippen LogP contribution in [0.3, 0.4) is 0 Å². The normalized spacial score (nSPS) is 12.1. The molecule has 0 aromatic rings. The topological polar surface area (TPSA) is 105 Å². The molecule has 188 valence electrons. The summed E-state index contributed by atoms with van der Waals surface area (Å²) in [4.78, 5) is 34.6. The Hall–Kier alpha value is -1.63. The van der Waals surface area contributed by atoms with E-state index in [0.29, 0.717) is 6.42 Å². The van der Waals surface area contributed by atoms with Crippen LogP contribution in [-0.4, -0.2) is 54.9 Å². The van der Waals surface area contributed by atoms with Crippen molar-refractivity contribution in [2.24, 2.45) is 0 Å². The fraction of sp³-hybridized carbons (Fsp3) is 0.880. The molecule has 0 spiro atoms. The Morgan fingerprint density at radius 3 is 1.44 bits per heavy atom. The van der Waals surface area contributed by atoms with Crippen molar-refractivity contribution in [3.8, 4) is 0 Å². The summed E-state index contributed by atoms with van der Waals surface area (Å²) in [7, 11) is 4.16. The number of carbonyl (C=O) groups excluding carboxylic acids is 1. The van der Waals surface area contributed by atoms with Gasteiger partial charge in [0.15, 0.2) is 0 Å². The average Bonchev–Trinajstić information content (AvgIpc) is 2.70. The summed E-state index contributed by atoms with van der Waals surface area (Å²) in [6, 6.07) is 0. The molecule has 7 heteroatoms. The molecule has 0 aliphatic carbocycles. The van der Waals surface area contributed by atoms with Gasteiger partial charge in [0, 0.05) is 19.3 Å². The SMILES string of the molecule is C[NH+](C)CCCC(=O)OC(CCCCCCCCCC(=O)O)CCCCCCCC(=O)O. The van der Waals surface area contributed by atoms with Crippen molar-refractivity contribution < 1.29 is 34.2 Å². The Labute approximate surface area is 194 Å². The molecule has 0 aromatic carbocycles.